The quantitative estimate of drug-likeness (QED) is 0.116. The van der Waals surface area contributed by atoms with Crippen LogP contribution < -0.4 is 9.80 Å². The zero-order valence-electron chi connectivity index (χ0n) is 36.5. The lowest BCUT2D eigenvalue weighted by Crippen LogP contribution is -2.78. The van der Waals surface area contributed by atoms with Crippen molar-refractivity contribution >= 4 is 11.4 Å². The Balaban J connectivity index is 0.912. The Morgan fingerprint density at radius 2 is 0.955 bits per heavy atom. The van der Waals surface area contributed by atoms with Crippen LogP contribution in [0.1, 0.15) is 59.1 Å². The summed E-state index contributed by atoms with van der Waals surface area (Å²) in [4.78, 5) is 5.62. The van der Waals surface area contributed by atoms with Gasteiger partial charge in [0.15, 0.2) is 0 Å². The van der Waals surface area contributed by atoms with E-state index < -0.39 is 23.5 Å². The first-order chi connectivity index (χ1) is 31.8. The van der Waals surface area contributed by atoms with Gasteiger partial charge in [0.05, 0.1) is 60.3 Å². The van der Waals surface area contributed by atoms with Gasteiger partial charge in [-0.25, -0.2) is 0 Å². The van der Waals surface area contributed by atoms with Gasteiger partial charge in [-0.05, 0) is 58.7 Å². The summed E-state index contributed by atoms with van der Waals surface area (Å²) in [5.74, 6) is 0.754. The summed E-state index contributed by atoms with van der Waals surface area (Å²) in [6.45, 7) is 6.02. The highest BCUT2D eigenvalue weighted by molar-refractivity contribution is 5.72. The standard InChI is InChI=1S/C54H52F6N4O2/c55-53(56,57)35-13-9-31(10-14-35)27-63-21-19-51-39-5-1-3-7-41(39)61-47(51)45-37(25-43(51)63)33(29-63)18-24-66-50(45)62-42-8-4-2-6-40(42)52-20-22-64(28-32-11-15-36(16-12-32)54(58,59)60)30-34-17-23-65-49(61)46(48(52)62)38(34)26-44(52)64/h1-18,37-38,43-50H,19-30H2/q+2/t37-,38-,43-,44-,45+,46+,47-,48-,49+,50+,51?,52?,63?,64?/m0/s1. The third-order valence-electron chi connectivity index (χ3n) is 20.0. The fourth-order valence-electron chi connectivity index (χ4n) is 18.2. The van der Waals surface area contributed by atoms with Crippen LogP contribution in [0.3, 0.4) is 0 Å². The molecule has 0 N–H and O–H groups in total. The smallest absolute Gasteiger partial charge is 0.354 e. The second-order valence-corrected chi connectivity index (χ2v) is 22.1. The largest absolute Gasteiger partial charge is 0.416 e. The molecule has 2 saturated carbocycles. The molecular weight excluding hydrogens is 851 g/mol. The molecule has 9 aliphatic heterocycles. The van der Waals surface area contributed by atoms with Crippen LogP contribution in [-0.2, 0) is 45.7 Å². The van der Waals surface area contributed by atoms with Crippen molar-refractivity contribution in [1.82, 2.24) is 0 Å². The number of hydrogen-bond donors (Lipinski definition) is 0. The fourth-order valence-corrected chi connectivity index (χ4v) is 18.2. The first-order valence-electron chi connectivity index (χ1n) is 24.3. The molecule has 2 aliphatic carbocycles. The summed E-state index contributed by atoms with van der Waals surface area (Å²) in [5.41, 5.74) is 8.51. The van der Waals surface area contributed by atoms with Crippen LogP contribution in [0.2, 0.25) is 0 Å². The summed E-state index contributed by atoms with van der Waals surface area (Å²) in [5, 5.41) is 0. The molecule has 6 nitrogen and oxygen atoms in total. The molecule has 11 aliphatic rings. The van der Waals surface area contributed by atoms with Crippen LogP contribution in [0, 0.1) is 23.7 Å². The van der Waals surface area contributed by atoms with Crippen molar-refractivity contribution < 1.29 is 44.8 Å². The average Bonchev–Trinajstić information content (AvgIpc) is 3.92. The number of piperidine rings is 2. The Morgan fingerprint density at radius 3 is 1.36 bits per heavy atom. The molecule has 2 spiro atoms. The minimum Gasteiger partial charge on any atom is -0.354 e. The molecule has 66 heavy (non-hydrogen) atoms. The summed E-state index contributed by atoms with van der Waals surface area (Å²) >= 11 is 0. The minimum atomic E-state index is -4.38. The number of hydrogen-bond acceptors (Lipinski definition) is 4. The summed E-state index contributed by atoms with van der Waals surface area (Å²) < 4.78 is 99.6. The van der Waals surface area contributed by atoms with Gasteiger partial charge in [0.1, 0.15) is 50.7 Å². The molecule has 9 heterocycles. The number of rotatable bonds is 4. The Kier molecular flexibility index (Phi) is 7.59. The number of benzene rings is 4. The van der Waals surface area contributed by atoms with Crippen LogP contribution in [0.25, 0.3) is 0 Å². The van der Waals surface area contributed by atoms with Gasteiger partial charge in [0.25, 0.3) is 0 Å². The lowest BCUT2D eigenvalue weighted by atomic mass is 9.52. The molecule has 4 aromatic rings. The van der Waals surface area contributed by atoms with Crippen LogP contribution in [0.15, 0.2) is 120 Å². The van der Waals surface area contributed by atoms with Crippen molar-refractivity contribution in [3.8, 4) is 0 Å². The monoisotopic (exact) mass is 902 g/mol. The molecule has 4 aromatic carbocycles. The summed E-state index contributed by atoms with van der Waals surface area (Å²) in [6, 6.07) is 30.9. The van der Waals surface area contributed by atoms with E-state index in [1.807, 2.05) is 0 Å². The fraction of sp³-hybridized carbons (Fsp3) is 0.481. The minimum absolute atomic E-state index is 0.0775. The normalized spacial score (nSPS) is 41.2. The number of quaternary nitrogens is 2. The first kappa shape index (κ1) is 39.4. The van der Waals surface area contributed by atoms with Crippen molar-refractivity contribution in [1.29, 1.82) is 0 Å². The highest BCUT2D eigenvalue weighted by Gasteiger charge is 2.81. The van der Waals surface area contributed by atoms with Crippen molar-refractivity contribution in [2.24, 2.45) is 23.7 Å². The number of nitrogens with zero attached hydrogens (tertiary/aromatic N) is 4. The van der Waals surface area contributed by atoms with Gasteiger partial charge >= 0.3 is 12.4 Å². The maximum absolute atomic E-state index is 13.8. The number of ether oxygens (including phenoxy) is 2. The van der Waals surface area contributed by atoms with Crippen molar-refractivity contribution in [3.63, 3.8) is 0 Å². The third-order valence-corrected chi connectivity index (χ3v) is 20.0. The van der Waals surface area contributed by atoms with Crippen molar-refractivity contribution in [3.05, 3.63) is 154 Å². The topological polar surface area (TPSA) is 24.9 Å². The molecule has 14 atom stereocenters. The lowest BCUT2D eigenvalue weighted by Gasteiger charge is -2.65. The number of fused-ring (bicyclic) bond motifs is 6. The molecule has 0 radical (unpaired) electrons. The van der Waals surface area contributed by atoms with Gasteiger partial charge in [-0.15, -0.1) is 0 Å². The Bertz CT molecular complexity index is 2600. The predicted octanol–water partition coefficient (Wildman–Crippen LogP) is 9.73. The Labute approximate surface area is 380 Å². The molecule has 5 saturated heterocycles. The maximum Gasteiger partial charge on any atom is 0.416 e. The van der Waals surface area contributed by atoms with Gasteiger partial charge in [0.2, 0.25) is 0 Å². The van der Waals surface area contributed by atoms with E-state index in [0.29, 0.717) is 26.3 Å². The second kappa shape index (κ2) is 12.7. The zero-order valence-corrected chi connectivity index (χ0v) is 36.5. The van der Waals surface area contributed by atoms with Gasteiger partial charge in [-0.1, -0.05) is 72.8 Å². The van der Waals surface area contributed by atoms with E-state index in [0.717, 1.165) is 72.0 Å². The van der Waals surface area contributed by atoms with Crippen LogP contribution in [-0.4, -0.2) is 85.0 Å². The molecule has 0 aromatic heterocycles. The SMILES string of the molecule is FC(F)(F)c1ccc(C[N+]23CCC45c6ccccc6N6[C@@H]7OCC=C8C[N+]9(Cc%10ccc(C(F)(F)F)cc%10)CCC%10%11c%12ccccc%12N([C@@H]%12OCC=C(C2)[C@H](C[C@@H]43)[C@@H]%12[C@H]65)[C@H]%10[C@H]7[C@H]8C[C@@H]%119)cc1. The average molecular weight is 903 g/mol. The highest BCUT2D eigenvalue weighted by atomic mass is 19.4. The molecule has 340 valence electrons. The number of halogens is 6. The van der Waals surface area contributed by atoms with E-state index in [1.165, 1.54) is 57.9 Å². The number of para-hydroxylation sites is 2. The van der Waals surface area contributed by atoms with Crippen LogP contribution in [0.5, 0.6) is 0 Å². The summed E-state index contributed by atoms with van der Waals surface area (Å²) in [6.07, 6.45) is -0.433. The number of anilines is 2. The second-order valence-electron chi connectivity index (χ2n) is 22.1. The molecule has 0 amide bonds. The molecule has 4 unspecified atom stereocenters. The Hall–Kier alpha value is -4.62. The van der Waals surface area contributed by atoms with Gasteiger partial charge in [-0.2, -0.15) is 26.3 Å². The van der Waals surface area contributed by atoms with Crippen LogP contribution >= 0.6 is 0 Å². The van der Waals surface area contributed by atoms with E-state index >= 15 is 0 Å². The summed E-state index contributed by atoms with van der Waals surface area (Å²) in [7, 11) is 0. The van der Waals surface area contributed by atoms with E-state index in [-0.39, 0.29) is 71.1 Å². The van der Waals surface area contributed by atoms with E-state index in [9.17, 15) is 26.3 Å². The first-order valence-corrected chi connectivity index (χ1v) is 24.3. The van der Waals surface area contributed by atoms with E-state index in [2.05, 4.69) is 70.5 Å². The molecule has 12 heteroatoms. The van der Waals surface area contributed by atoms with Crippen LogP contribution in [0.4, 0.5) is 37.7 Å². The Morgan fingerprint density at radius 1 is 0.545 bits per heavy atom. The van der Waals surface area contributed by atoms with Gasteiger partial charge < -0.3 is 28.2 Å². The lowest BCUT2D eigenvalue weighted by molar-refractivity contribution is -0.955. The van der Waals surface area contributed by atoms with Gasteiger partial charge in [-0.3, -0.25) is 0 Å². The van der Waals surface area contributed by atoms with Crippen molar-refractivity contribution in [2.45, 2.75) is 98.6 Å². The zero-order chi connectivity index (χ0) is 44.3. The van der Waals surface area contributed by atoms with Gasteiger partial charge in [0, 0.05) is 71.9 Å². The number of alkyl halides is 6. The van der Waals surface area contributed by atoms with Crippen molar-refractivity contribution in [2.75, 3.05) is 49.2 Å². The van der Waals surface area contributed by atoms with E-state index in [4.69, 9.17) is 9.47 Å². The molecular formula is C54H52F6N4O2+2. The highest BCUT2D eigenvalue weighted by Crippen LogP contribution is 2.73. The molecule has 15 rings (SSSR count). The molecule has 7 fully saturated rings. The maximum atomic E-state index is 13.8. The van der Waals surface area contributed by atoms with E-state index in [1.54, 1.807) is 24.3 Å². The molecule has 4 bridgehead atoms. The third kappa shape index (κ3) is 4.71. The predicted molar refractivity (Wildman–Crippen MR) is 235 cm³/mol.